The first-order valence-corrected chi connectivity index (χ1v) is 10.3. The topological polar surface area (TPSA) is 117 Å². The number of nitrogens with zero attached hydrogens (tertiary/aromatic N) is 3. The number of fused-ring (bicyclic) bond motifs is 3. The summed E-state index contributed by atoms with van der Waals surface area (Å²) in [5.74, 6) is 1.64. The Morgan fingerprint density at radius 3 is 2.53 bits per heavy atom. The summed E-state index contributed by atoms with van der Waals surface area (Å²) < 4.78 is 4.86. The van der Waals surface area contributed by atoms with Crippen LogP contribution in [0.15, 0.2) is 24.4 Å². The van der Waals surface area contributed by atoms with Crippen LogP contribution in [-0.4, -0.2) is 51.4 Å². The van der Waals surface area contributed by atoms with Crippen molar-refractivity contribution < 1.29 is 9.53 Å². The monoisotopic (exact) mass is 479 g/mol. The number of piperidine rings is 1. The number of methoxy groups -OCH3 is 1. The highest BCUT2D eigenvalue weighted by Crippen LogP contribution is 2.31. The van der Waals surface area contributed by atoms with Crippen LogP contribution in [0.3, 0.4) is 0 Å². The van der Waals surface area contributed by atoms with Crippen LogP contribution >= 0.6 is 24.8 Å². The second-order valence-electron chi connectivity index (χ2n) is 8.15. The van der Waals surface area contributed by atoms with Gasteiger partial charge in [0, 0.05) is 47.5 Å². The summed E-state index contributed by atoms with van der Waals surface area (Å²) in [6, 6.07) is 7.01. The third-order valence-electron chi connectivity index (χ3n) is 5.88. The minimum atomic E-state index is -0.413. The van der Waals surface area contributed by atoms with Crippen molar-refractivity contribution in [3.63, 3.8) is 0 Å². The van der Waals surface area contributed by atoms with E-state index in [4.69, 9.17) is 9.72 Å². The molecule has 3 aromatic heterocycles. The number of hydrogen-bond acceptors (Lipinski definition) is 8. The maximum absolute atomic E-state index is 12.0. The number of pyridine rings is 2. The van der Waals surface area contributed by atoms with Gasteiger partial charge in [-0.15, -0.1) is 24.8 Å². The van der Waals surface area contributed by atoms with Crippen molar-refractivity contribution >= 4 is 59.1 Å². The molecule has 4 N–H and O–H groups in total. The molecule has 32 heavy (non-hydrogen) atoms. The van der Waals surface area contributed by atoms with Gasteiger partial charge in [0.25, 0.3) is 0 Å². The van der Waals surface area contributed by atoms with Crippen LogP contribution in [0.1, 0.15) is 41.7 Å². The second-order valence-corrected chi connectivity index (χ2v) is 8.15. The molecule has 2 saturated heterocycles. The molecule has 172 valence electrons. The fourth-order valence-corrected chi connectivity index (χ4v) is 4.51. The van der Waals surface area contributed by atoms with Crippen molar-refractivity contribution in [3.05, 3.63) is 35.7 Å². The molecule has 0 spiro atoms. The Balaban J connectivity index is 0.00000144. The minimum absolute atomic E-state index is 0. The highest BCUT2D eigenvalue weighted by molar-refractivity contribution is 5.98. The number of ether oxygens (including phenoxy) is 1. The van der Waals surface area contributed by atoms with Crippen LogP contribution in [-0.2, 0) is 4.74 Å². The average Bonchev–Trinajstić information content (AvgIpc) is 3.31. The van der Waals surface area contributed by atoms with Gasteiger partial charge in [-0.3, -0.25) is 10.1 Å². The molecule has 2 unspecified atom stereocenters. The van der Waals surface area contributed by atoms with Crippen LogP contribution in [0.25, 0.3) is 10.9 Å². The Bertz CT molecular complexity index is 1090. The molecule has 0 aromatic carbocycles. The lowest BCUT2D eigenvalue weighted by molar-refractivity contribution is 0.0600. The van der Waals surface area contributed by atoms with Crippen LogP contribution in [0.5, 0.6) is 0 Å². The Labute approximate surface area is 198 Å². The van der Waals surface area contributed by atoms with Crippen molar-refractivity contribution in [2.45, 2.75) is 50.7 Å². The van der Waals surface area contributed by atoms with Gasteiger partial charge < -0.3 is 20.7 Å². The summed E-state index contributed by atoms with van der Waals surface area (Å²) in [7, 11) is 1.37. The summed E-state index contributed by atoms with van der Waals surface area (Å²) in [4.78, 5) is 21.3. The third kappa shape index (κ3) is 4.90. The van der Waals surface area contributed by atoms with E-state index in [1.54, 1.807) is 6.07 Å². The molecule has 0 saturated carbocycles. The standard InChI is InChI=1S/C21H25N7O2.2ClH/c1-11-5-19(28-27-11)25-18-9-17-16(6-12(10-22-17)21(29)30-2)20(26-18)24-15-7-13-3-4-14(8-15)23-13;;/h5-6,9-10,13-15,23H,3-4,7-8H2,1-2H3,(H3,24,25,26,27,28);2*1H. The van der Waals surface area contributed by atoms with E-state index in [9.17, 15) is 4.79 Å². The van der Waals surface area contributed by atoms with Crippen molar-refractivity contribution in [2.75, 3.05) is 17.7 Å². The van der Waals surface area contributed by atoms with Crippen LogP contribution in [0.4, 0.5) is 17.5 Å². The van der Waals surface area contributed by atoms with E-state index in [1.807, 2.05) is 19.1 Å². The van der Waals surface area contributed by atoms with Crippen LogP contribution < -0.4 is 16.0 Å². The Morgan fingerprint density at radius 2 is 1.88 bits per heavy atom. The van der Waals surface area contributed by atoms with E-state index >= 15 is 0 Å². The summed E-state index contributed by atoms with van der Waals surface area (Å²) in [5, 5.41) is 18.5. The fourth-order valence-electron chi connectivity index (χ4n) is 4.51. The predicted octanol–water partition coefficient (Wildman–Crippen LogP) is 3.73. The molecule has 2 aliphatic rings. The summed E-state index contributed by atoms with van der Waals surface area (Å²) in [6.45, 7) is 1.94. The number of halogens is 2. The van der Waals surface area contributed by atoms with Crippen LogP contribution in [0, 0.1) is 6.92 Å². The molecular formula is C21H27Cl2N7O2. The van der Waals surface area contributed by atoms with E-state index in [2.05, 4.69) is 31.1 Å². The highest BCUT2D eigenvalue weighted by atomic mass is 35.5. The maximum atomic E-state index is 12.0. The number of anilines is 3. The second kappa shape index (κ2) is 9.89. The van der Waals surface area contributed by atoms with Gasteiger partial charge in [-0.1, -0.05) is 0 Å². The van der Waals surface area contributed by atoms with Gasteiger partial charge in [-0.05, 0) is 38.7 Å². The SMILES string of the molecule is COC(=O)c1cnc2cc(Nc3cc(C)[nH]n3)nc(NC3CC4CCC(C3)N4)c2c1.Cl.Cl. The quantitative estimate of drug-likeness (QED) is 0.409. The van der Waals surface area contributed by atoms with Crippen molar-refractivity contribution in [3.8, 4) is 0 Å². The Kier molecular flexibility index (Phi) is 7.43. The first-order chi connectivity index (χ1) is 14.6. The molecule has 5 rings (SSSR count). The molecule has 0 amide bonds. The van der Waals surface area contributed by atoms with Crippen LogP contribution in [0.2, 0.25) is 0 Å². The molecule has 11 heteroatoms. The molecular weight excluding hydrogens is 453 g/mol. The molecule has 2 bridgehead atoms. The number of H-pyrrole nitrogens is 1. The number of aromatic amines is 1. The number of carbonyl (C=O) groups excluding carboxylic acids is 1. The third-order valence-corrected chi connectivity index (χ3v) is 5.88. The number of carbonyl (C=O) groups is 1. The van der Waals surface area contributed by atoms with Gasteiger partial charge in [-0.25, -0.2) is 9.78 Å². The number of aryl methyl sites for hydroxylation is 1. The molecule has 0 aliphatic carbocycles. The molecule has 9 nitrogen and oxygen atoms in total. The zero-order valence-electron chi connectivity index (χ0n) is 17.8. The number of hydrogen-bond donors (Lipinski definition) is 4. The van der Waals surface area contributed by atoms with Crippen molar-refractivity contribution in [1.29, 1.82) is 0 Å². The normalized spacial score (nSPS) is 21.4. The first-order valence-electron chi connectivity index (χ1n) is 10.3. The summed E-state index contributed by atoms with van der Waals surface area (Å²) in [6.07, 6.45) is 6.10. The fraction of sp³-hybridized carbons (Fsp3) is 0.429. The molecule has 3 aromatic rings. The summed E-state index contributed by atoms with van der Waals surface area (Å²) >= 11 is 0. The summed E-state index contributed by atoms with van der Waals surface area (Å²) in [5.41, 5.74) is 2.11. The van der Waals surface area contributed by atoms with Gasteiger partial charge in [0.15, 0.2) is 5.82 Å². The van der Waals surface area contributed by atoms with Crippen molar-refractivity contribution in [1.82, 2.24) is 25.5 Å². The van der Waals surface area contributed by atoms with E-state index in [0.29, 0.717) is 41.1 Å². The molecule has 2 aliphatic heterocycles. The zero-order valence-corrected chi connectivity index (χ0v) is 19.5. The number of nitrogens with one attached hydrogen (secondary N) is 4. The van der Waals surface area contributed by atoms with Gasteiger partial charge in [-0.2, -0.15) is 5.10 Å². The van der Waals surface area contributed by atoms with E-state index in [1.165, 1.54) is 26.1 Å². The van der Waals surface area contributed by atoms with E-state index < -0.39 is 5.97 Å². The largest absolute Gasteiger partial charge is 0.465 e. The average molecular weight is 480 g/mol. The smallest absolute Gasteiger partial charge is 0.339 e. The molecule has 5 heterocycles. The number of esters is 1. The molecule has 0 radical (unpaired) electrons. The Morgan fingerprint density at radius 1 is 1.12 bits per heavy atom. The predicted molar refractivity (Wildman–Crippen MR) is 129 cm³/mol. The molecule has 2 atom stereocenters. The maximum Gasteiger partial charge on any atom is 0.339 e. The van der Waals surface area contributed by atoms with Gasteiger partial charge in [0.1, 0.15) is 11.6 Å². The first kappa shape index (κ1) is 24.0. The van der Waals surface area contributed by atoms with Gasteiger partial charge in [0.05, 0.1) is 18.2 Å². The highest BCUT2D eigenvalue weighted by Gasteiger charge is 2.33. The van der Waals surface area contributed by atoms with E-state index in [0.717, 1.165) is 29.4 Å². The Hall–Kier alpha value is -2.62. The molecule has 2 fully saturated rings. The van der Waals surface area contributed by atoms with E-state index in [-0.39, 0.29) is 24.8 Å². The van der Waals surface area contributed by atoms with Crippen molar-refractivity contribution in [2.24, 2.45) is 0 Å². The lowest BCUT2D eigenvalue weighted by Crippen LogP contribution is -2.43. The van der Waals surface area contributed by atoms with Gasteiger partial charge in [0.2, 0.25) is 0 Å². The zero-order chi connectivity index (χ0) is 20.7. The number of aromatic nitrogens is 4. The van der Waals surface area contributed by atoms with Gasteiger partial charge >= 0.3 is 5.97 Å². The number of rotatable bonds is 5. The lowest BCUT2D eigenvalue weighted by atomic mass is 9.99. The lowest BCUT2D eigenvalue weighted by Gasteiger charge is -2.30. The minimum Gasteiger partial charge on any atom is -0.465 e.